The van der Waals surface area contributed by atoms with Gasteiger partial charge in [-0.3, -0.25) is 14.9 Å². The Hall–Kier alpha value is -2.35. The first-order valence-electron chi connectivity index (χ1n) is 6.24. The summed E-state index contributed by atoms with van der Waals surface area (Å²) in [6.45, 7) is 3.68. The molecule has 3 N–H and O–H groups in total. The molecule has 0 radical (unpaired) electrons. The lowest BCUT2D eigenvalue weighted by Gasteiger charge is -2.18. The molecule has 0 fully saturated rings. The van der Waals surface area contributed by atoms with Gasteiger partial charge in [0.15, 0.2) is 6.61 Å². The SMILES string of the molecule is COc1cc(OCC(=O)NCC(C)(C)N)ccc1[N+](=O)[O-]. The Balaban J connectivity index is 2.60. The number of methoxy groups -OCH3 is 1. The molecule has 0 aliphatic heterocycles. The summed E-state index contributed by atoms with van der Waals surface area (Å²) in [5.74, 6) is 0.0476. The van der Waals surface area contributed by atoms with Crippen molar-refractivity contribution in [3.63, 3.8) is 0 Å². The van der Waals surface area contributed by atoms with Gasteiger partial charge in [-0.05, 0) is 19.9 Å². The van der Waals surface area contributed by atoms with Crippen LogP contribution in [0.5, 0.6) is 11.5 Å². The molecule has 0 aromatic heterocycles. The standard InChI is InChI=1S/C13H19N3O5/c1-13(2,14)8-15-12(17)7-21-9-4-5-10(16(18)19)11(6-9)20-3/h4-6H,7-8,14H2,1-3H3,(H,15,17). The summed E-state index contributed by atoms with van der Waals surface area (Å²) in [5, 5.41) is 13.4. The first-order valence-corrected chi connectivity index (χ1v) is 6.24. The van der Waals surface area contributed by atoms with E-state index < -0.39 is 10.5 Å². The van der Waals surface area contributed by atoms with Crippen molar-refractivity contribution in [2.24, 2.45) is 5.73 Å². The highest BCUT2D eigenvalue weighted by Crippen LogP contribution is 2.30. The fourth-order valence-electron chi connectivity index (χ4n) is 1.42. The van der Waals surface area contributed by atoms with Crippen molar-refractivity contribution in [2.45, 2.75) is 19.4 Å². The molecule has 116 valence electrons. The van der Waals surface area contributed by atoms with Gasteiger partial charge in [-0.2, -0.15) is 0 Å². The summed E-state index contributed by atoms with van der Waals surface area (Å²) >= 11 is 0. The lowest BCUT2D eigenvalue weighted by atomic mass is 10.1. The van der Waals surface area contributed by atoms with Gasteiger partial charge >= 0.3 is 5.69 Å². The number of ether oxygens (including phenoxy) is 2. The van der Waals surface area contributed by atoms with E-state index in [1.807, 2.05) is 0 Å². The molecular weight excluding hydrogens is 278 g/mol. The van der Waals surface area contributed by atoms with E-state index in [-0.39, 0.29) is 24.0 Å². The molecule has 8 nitrogen and oxygen atoms in total. The lowest BCUT2D eigenvalue weighted by Crippen LogP contribution is -2.46. The number of hydrogen-bond acceptors (Lipinski definition) is 6. The van der Waals surface area contributed by atoms with Gasteiger partial charge in [-0.25, -0.2) is 0 Å². The predicted molar refractivity (Wildman–Crippen MR) is 76.4 cm³/mol. The molecule has 21 heavy (non-hydrogen) atoms. The van der Waals surface area contributed by atoms with Crippen molar-refractivity contribution in [2.75, 3.05) is 20.3 Å². The third-order valence-electron chi connectivity index (χ3n) is 2.46. The normalized spacial score (nSPS) is 10.9. The summed E-state index contributed by atoms with van der Waals surface area (Å²) in [7, 11) is 1.32. The van der Waals surface area contributed by atoms with Crippen LogP contribution in [0, 0.1) is 10.1 Å². The zero-order chi connectivity index (χ0) is 16.0. The maximum Gasteiger partial charge on any atom is 0.311 e. The molecule has 0 saturated heterocycles. The van der Waals surface area contributed by atoms with Gasteiger partial charge < -0.3 is 20.5 Å². The highest BCUT2D eigenvalue weighted by molar-refractivity contribution is 5.77. The molecule has 0 bridgehead atoms. The van der Waals surface area contributed by atoms with Crippen LogP contribution in [0.2, 0.25) is 0 Å². The average molecular weight is 297 g/mol. The summed E-state index contributed by atoms with van der Waals surface area (Å²) in [5.41, 5.74) is 5.06. The van der Waals surface area contributed by atoms with Crippen LogP contribution in [0.1, 0.15) is 13.8 Å². The molecule has 0 saturated carbocycles. The second kappa shape index (κ2) is 6.89. The molecule has 0 aliphatic rings. The van der Waals surface area contributed by atoms with Crippen molar-refractivity contribution in [1.29, 1.82) is 0 Å². The van der Waals surface area contributed by atoms with Crippen LogP contribution in [0.15, 0.2) is 18.2 Å². The van der Waals surface area contributed by atoms with Crippen LogP contribution in [-0.2, 0) is 4.79 Å². The molecule has 0 spiro atoms. The van der Waals surface area contributed by atoms with E-state index in [4.69, 9.17) is 15.2 Å². The number of amides is 1. The largest absolute Gasteiger partial charge is 0.490 e. The number of nitro benzene ring substituents is 1. The van der Waals surface area contributed by atoms with Crippen LogP contribution in [0.25, 0.3) is 0 Å². The fraction of sp³-hybridized carbons (Fsp3) is 0.462. The topological polar surface area (TPSA) is 117 Å². The van der Waals surface area contributed by atoms with Crippen LogP contribution >= 0.6 is 0 Å². The van der Waals surface area contributed by atoms with E-state index in [9.17, 15) is 14.9 Å². The zero-order valence-electron chi connectivity index (χ0n) is 12.2. The Morgan fingerprint density at radius 1 is 1.48 bits per heavy atom. The summed E-state index contributed by atoms with van der Waals surface area (Å²) in [4.78, 5) is 21.8. The lowest BCUT2D eigenvalue weighted by molar-refractivity contribution is -0.385. The Morgan fingerprint density at radius 2 is 2.14 bits per heavy atom. The number of hydrogen-bond donors (Lipinski definition) is 2. The molecule has 0 aliphatic carbocycles. The van der Waals surface area contributed by atoms with E-state index in [1.165, 1.54) is 25.3 Å². The summed E-state index contributed by atoms with van der Waals surface area (Å²) < 4.78 is 10.2. The van der Waals surface area contributed by atoms with E-state index in [0.717, 1.165) is 0 Å². The fourth-order valence-corrected chi connectivity index (χ4v) is 1.42. The van der Waals surface area contributed by atoms with Gasteiger partial charge in [0, 0.05) is 24.2 Å². The maximum absolute atomic E-state index is 11.6. The molecule has 1 rings (SSSR count). The number of rotatable bonds is 7. The Labute approximate surface area is 122 Å². The number of nitro groups is 1. The van der Waals surface area contributed by atoms with Gasteiger partial charge in [-0.15, -0.1) is 0 Å². The summed E-state index contributed by atoms with van der Waals surface area (Å²) in [6, 6.07) is 4.02. The molecule has 0 heterocycles. The first kappa shape index (κ1) is 16.7. The van der Waals surface area contributed by atoms with Crippen molar-refractivity contribution in [3.05, 3.63) is 28.3 Å². The predicted octanol–water partition coefficient (Wildman–Crippen LogP) is 0.836. The first-order chi connectivity index (χ1) is 9.73. The molecule has 1 aromatic rings. The minimum atomic E-state index is -0.557. The van der Waals surface area contributed by atoms with Crippen LogP contribution in [0.4, 0.5) is 5.69 Å². The highest BCUT2D eigenvalue weighted by Gasteiger charge is 2.16. The minimum absolute atomic E-state index is 0.0704. The van der Waals surface area contributed by atoms with Crippen LogP contribution in [-0.4, -0.2) is 36.6 Å². The summed E-state index contributed by atoms with van der Waals surface area (Å²) in [6.07, 6.45) is 0. The van der Waals surface area contributed by atoms with E-state index in [1.54, 1.807) is 13.8 Å². The number of benzene rings is 1. The number of carbonyl (C=O) groups is 1. The molecule has 1 aromatic carbocycles. The number of nitrogens with zero attached hydrogens (tertiary/aromatic N) is 1. The monoisotopic (exact) mass is 297 g/mol. The third kappa shape index (κ3) is 5.65. The molecular formula is C13H19N3O5. The minimum Gasteiger partial charge on any atom is -0.490 e. The van der Waals surface area contributed by atoms with Crippen LogP contribution in [0.3, 0.4) is 0 Å². The van der Waals surface area contributed by atoms with Gasteiger partial charge in [0.2, 0.25) is 5.75 Å². The molecule has 8 heteroatoms. The van der Waals surface area contributed by atoms with E-state index in [0.29, 0.717) is 12.3 Å². The van der Waals surface area contributed by atoms with Crippen molar-refractivity contribution < 1.29 is 19.2 Å². The van der Waals surface area contributed by atoms with Crippen molar-refractivity contribution in [1.82, 2.24) is 5.32 Å². The molecule has 0 unspecified atom stereocenters. The maximum atomic E-state index is 11.6. The average Bonchev–Trinajstić information content (AvgIpc) is 2.41. The van der Waals surface area contributed by atoms with Gasteiger partial charge in [0.1, 0.15) is 5.75 Å². The number of nitrogens with one attached hydrogen (secondary N) is 1. The second-order valence-corrected chi connectivity index (χ2v) is 5.14. The van der Waals surface area contributed by atoms with Gasteiger partial charge in [0.05, 0.1) is 12.0 Å². The molecule has 0 atom stereocenters. The Kier molecular flexibility index (Phi) is 5.48. The third-order valence-corrected chi connectivity index (χ3v) is 2.46. The highest BCUT2D eigenvalue weighted by atomic mass is 16.6. The van der Waals surface area contributed by atoms with Crippen molar-refractivity contribution in [3.8, 4) is 11.5 Å². The van der Waals surface area contributed by atoms with Gasteiger partial charge in [-0.1, -0.05) is 0 Å². The second-order valence-electron chi connectivity index (χ2n) is 5.14. The Bertz CT molecular complexity index is 525. The van der Waals surface area contributed by atoms with Gasteiger partial charge in [0.25, 0.3) is 5.91 Å². The number of nitrogens with two attached hydrogens (primary N) is 1. The van der Waals surface area contributed by atoms with Crippen LogP contribution < -0.4 is 20.5 Å². The smallest absolute Gasteiger partial charge is 0.311 e. The Morgan fingerprint density at radius 3 is 2.67 bits per heavy atom. The quantitative estimate of drug-likeness (QED) is 0.569. The van der Waals surface area contributed by atoms with E-state index in [2.05, 4.69) is 5.32 Å². The zero-order valence-corrected chi connectivity index (χ0v) is 12.2. The van der Waals surface area contributed by atoms with Crippen molar-refractivity contribution >= 4 is 11.6 Å². The number of carbonyl (C=O) groups excluding carboxylic acids is 1. The molecule has 1 amide bonds. The van der Waals surface area contributed by atoms with E-state index >= 15 is 0 Å².